The van der Waals surface area contributed by atoms with Gasteiger partial charge in [0.2, 0.25) is 11.8 Å². The Balaban J connectivity index is 2.05. The number of nitrogens with zero attached hydrogens (tertiary/aromatic N) is 1. The lowest BCUT2D eigenvalue weighted by Gasteiger charge is -2.30. The summed E-state index contributed by atoms with van der Waals surface area (Å²) in [5.74, 6) is 3.49. The van der Waals surface area contributed by atoms with Crippen LogP contribution in [0.3, 0.4) is 0 Å². The molecule has 1 amide bonds. The van der Waals surface area contributed by atoms with Gasteiger partial charge >= 0.3 is 5.97 Å². The number of carboxylic acid groups (broad SMARTS) is 1. The van der Waals surface area contributed by atoms with Crippen LogP contribution >= 0.6 is 0 Å². The van der Waals surface area contributed by atoms with Crippen molar-refractivity contribution < 1.29 is 38.9 Å². The average Bonchev–Trinajstić information content (AvgIpc) is 3.50. The van der Waals surface area contributed by atoms with Gasteiger partial charge in [-0.05, 0) is 57.2 Å². The van der Waals surface area contributed by atoms with Gasteiger partial charge in [0.25, 0.3) is 0 Å². The molecular formula is C38H54N2O8. The number of carbonyl (C=O) groups is 3. The van der Waals surface area contributed by atoms with Gasteiger partial charge in [0.15, 0.2) is 5.60 Å². The van der Waals surface area contributed by atoms with Crippen molar-refractivity contribution in [3.05, 3.63) is 59.8 Å². The zero-order valence-electron chi connectivity index (χ0n) is 28.8. The molecule has 0 fully saturated rings. The lowest BCUT2D eigenvalue weighted by Crippen LogP contribution is -2.52. The third-order valence-electron chi connectivity index (χ3n) is 8.23. The number of ether oxygens (including phenoxy) is 1. The largest absolute Gasteiger partial charge is 0.481 e. The van der Waals surface area contributed by atoms with Crippen molar-refractivity contribution in [2.24, 2.45) is 5.92 Å². The quantitative estimate of drug-likeness (QED) is 0.0532. The highest BCUT2D eigenvalue weighted by atomic mass is 16.5. The van der Waals surface area contributed by atoms with Crippen molar-refractivity contribution in [1.29, 1.82) is 0 Å². The Morgan fingerprint density at radius 2 is 1.71 bits per heavy atom. The van der Waals surface area contributed by atoms with Crippen LogP contribution in [0.25, 0.3) is 0 Å². The van der Waals surface area contributed by atoms with Crippen LogP contribution in [0.1, 0.15) is 121 Å². The topological polar surface area (TPSA) is 159 Å². The number of nitrogens with one attached hydrogen (secondary N) is 1. The fourth-order valence-corrected chi connectivity index (χ4v) is 5.39. The van der Waals surface area contributed by atoms with Crippen molar-refractivity contribution in [1.82, 2.24) is 10.3 Å². The number of benzene rings is 1. The van der Waals surface area contributed by atoms with E-state index in [1.54, 1.807) is 32.1 Å². The monoisotopic (exact) mass is 666 g/mol. The molecule has 10 heteroatoms. The van der Waals surface area contributed by atoms with E-state index < -0.39 is 42.5 Å². The molecular weight excluding hydrogens is 612 g/mol. The van der Waals surface area contributed by atoms with Gasteiger partial charge in [0, 0.05) is 32.3 Å². The Morgan fingerprint density at radius 3 is 2.29 bits per heavy atom. The maximum absolute atomic E-state index is 13.7. The fraction of sp³-hybridized carbons (Fsp3) is 0.579. The van der Waals surface area contributed by atoms with E-state index in [1.165, 1.54) is 31.5 Å². The molecule has 2 rings (SSSR count). The van der Waals surface area contributed by atoms with Crippen LogP contribution in [0.15, 0.2) is 47.0 Å². The van der Waals surface area contributed by atoms with Crippen molar-refractivity contribution in [2.75, 3.05) is 13.2 Å². The van der Waals surface area contributed by atoms with E-state index in [2.05, 4.69) is 29.1 Å². The molecule has 3 atom stereocenters. The molecule has 4 N–H and O–H groups in total. The smallest absolute Gasteiger partial charge is 0.336 e. The number of aliphatic hydroxyl groups excluding tert-OH is 1. The summed E-state index contributed by atoms with van der Waals surface area (Å²) in [5, 5.41) is 33.6. The van der Waals surface area contributed by atoms with E-state index in [9.17, 15) is 29.7 Å². The molecule has 1 aromatic carbocycles. The third kappa shape index (κ3) is 14.4. The van der Waals surface area contributed by atoms with E-state index >= 15 is 0 Å². The number of unbranched alkanes of at least 4 members (excludes halogenated alkanes) is 8. The Hall–Kier alpha value is -3.94. The Morgan fingerprint density at radius 1 is 1.04 bits per heavy atom. The summed E-state index contributed by atoms with van der Waals surface area (Å²) in [6.07, 6.45) is 15.2. The lowest BCUT2D eigenvalue weighted by molar-refractivity contribution is -0.168. The van der Waals surface area contributed by atoms with E-state index in [0.29, 0.717) is 36.6 Å². The minimum Gasteiger partial charge on any atom is -0.481 e. The predicted molar refractivity (Wildman–Crippen MR) is 184 cm³/mol. The molecule has 0 bridgehead atoms. The maximum atomic E-state index is 13.7. The molecule has 0 aliphatic rings. The van der Waals surface area contributed by atoms with Crippen LogP contribution in [0.2, 0.25) is 0 Å². The molecule has 1 aromatic heterocycles. The van der Waals surface area contributed by atoms with Crippen LogP contribution in [0, 0.1) is 24.7 Å². The summed E-state index contributed by atoms with van der Waals surface area (Å²) in [7, 11) is 0. The second kappa shape index (κ2) is 22.6. The van der Waals surface area contributed by atoms with Crippen molar-refractivity contribution in [2.45, 2.75) is 122 Å². The first-order valence-corrected chi connectivity index (χ1v) is 17.2. The highest BCUT2D eigenvalue weighted by molar-refractivity contribution is 5.90. The zero-order chi connectivity index (χ0) is 35.2. The minimum absolute atomic E-state index is 0.234. The summed E-state index contributed by atoms with van der Waals surface area (Å²) in [4.78, 5) is 42.4. The van der Waals surface area contributed by atoms with Crippen molar-refractivity contribution in [3.8, 4) is 17.6 Å². The molecule has 264 valence electrons. The summed E-state index contributed by atoms with van der Waals surface area (Å²) >= 11 is 0. The number of amides is 1. The fourth-order valence-electron chi connectivity index (χ4n) is 5.39. The summed E-state index contributed by atoms with van der Waals surface area (Å²) in [6, 6.07) is 6.48. The van der Waals surface area contributed by atoms with E-state index in [-0.39, 0.29) is 18.9 Å². The van der Waals surface area contributed by atoms with Crippen LogP contribution in [0.4, 0.5) is 0 Å². The predicted octanol–water partition coefficient (Wildman–Crippen LogP) is 6.43. The number of hydrogen-bond acceptors (Lipinski definition) is 8. The first-order chi connectivity index (χ1) is 23.1. The van der Waals surface area contributed by atoms with Crippen LogP contribution < -0.4 is 10.1 Å². The first-order valence-electron chi connectivity index (χ1n) is 17.2. The van der Waals surface area contributed by atoms with E-state index in [0.717, 1.165) is 44.1 Å². The number of hydrogen-bond donors (Lipinski definition) is 4. The van der Waals surface area contributed by atoms with Crippen LogP contribution in [-0.2, 0) is 20.8 Å². The van der Waals surface area contributed by atoms with Gasteiger partial charge < -0.3 is 29.8 Å². The molecule has 0 radical (unpaired) electrons. The highest BCUT2D eigenvalue weighted by Gasteiger charge is 2.47. The molecule has 0 saturated heterocycles. The molecule has 0 unspecified atom stereocenters. The SMILES string of the molecule is CC#CCOc1ccc(C[C@H](NC(=O)[C@@H](/C=C/CCCCCCC(=O)CCCCCCC)[C@@](O)(CCO)C(=O)O)c2ncc(C)o2)cc1. The first kappa shape index (κ1) is 40.2. The van der Waals surface area contributed by atoms with E-state index in [4.69, 9.17) is 9.15 Å². The second-order valence-electron chi connectivity index (χ2n) is 12.2. The summed E-state index contributed by atoms with van der Waals surface area (Å²) < 4.78 is 11.3. The molecule has 0 aliphatic heterocycles. The summed E-state index contributed by atoms with van der Waals surface area (Å²) in [6.45, 7) is 5.27. The molecule has 10 nitrogen and oxygen atoms in total. The van der Waals surface area contributed by atoms with Gasteiger partial charge in [-0.1, -0.05) is 75.7 Å². The molecule has 0 saturated carbocycles. The number of Topliss-reactive ketones (excluding diaryl/α,β-unsaturated/α-hetero) is 1. The molecule has 2 aromatic rings. The van der Waals surface area contributed by atoms with Gasteiger partial charge in [-0.25, -0.2) is 9.78 Å². The van der Waals surface area contributed by atoms with Crippen molar-refractivity contribution in [3.63, 3.8) is 0 Å². The molecule has 48 heavy (non-hydrogen) atoms. The number of carbonyl (C=O) groups excluding carboxylic acids is 2. The normalized spacial score (nSPS) is 13.7. The molecule has 1 heterocycles. The van der Waals surface area contributed by atoms with Gasteiger partial charge in [-0.3, -0.25) is 9.59 Å². The number of aliphatic hydroxyl groups is 2. The van der Waals surface area contributed by atoms with Crippen LogP contribution in [-0.4, -0.2) is 56.8 Å². The number of aryl methyl sites for hydroxylation is 1. The molecule has 0 aliphatic carbocycles. The van der Waals surface area contributed by atoms with Crippen LogP contribution in [0.5, 0.6) is 5.75 Å². The highest BCUT2D eigenvalue weighted by Crippen LogP contribution is 2.27. The standard InChI is InChI=1S/C38H54N2O8/c1-4-6-8-11-14-17-31(42)18-15-12-9-10-13-16-19-33(38(46,24-25-41)37(44)45)35(43)40-34(36-39-28-29(3)48-36)27-30-20-22-32(23-21-30)47-26-7-5-2/h16,19-23,28,33-34,41,46H,4,6,8-15,17-18,24-27H2,1-3H3,(H,40,43)(H,44,45)/b19-16+/t33-,34+,38+/m1/s1. The second-order valence-corrected chi connectivity index (χ2v) is 12.2. The van der Waals surface area contributed by atoms with Crippen molar-refractivity contribution >= 4 is 17.7 Å². The van der Waals surface area contributed by atoms with E-state index in [1.807, 2.05) is 12.1 Å². The Kier molecular flexibility index (Phi) is 18.9. The van der Waals surface area contributed by atoms with Gasteiger partial charge in [0.1, 0.15) is 29.9 Å². The van der Waals surface area contributed by atoms with Gasteiger partial charge in [-0.2, -0.15) is 0 Å². The maximum Gasteiger partial charge on any atom is 0.336 e. The molecule has 0 spiro atoms. The number of rotatable bonds is 25. The zero-order valence-corrected chi connectivity index (χ0v) is 28.8. The van der Waals surface area contributed by atoms with Gasteiger partial charge in [0.05, 0.1) is 12.1 Å². The number of carboxylic acids is 1. The van der Waals surface area contributed by atoms with Gasteiger partial charge in [-0.15, -0.1) is 5.92 Å². The minimum atomic E-state index is -2.54. The number of allylic oxidation sites excluding steroid dienone is 1. The number of ketones is 1. The number of aliphatic carboxylic acids is 1. The number of aromatic nitrogens is 1. The average molecular weight is 667 g/mol. The Labute approximate surface area is 285 Å². The number of oxazole rings is 1. The lowest BCUT2D eigenvalue weighted by atomic mass is 9.83. The Bertz CT molecular complexity index is 1340. The third-order valence-corrected chi connectivity index (χ3v) is 8.23. The summed E-state index contributed by atoms with van der Waals surface area (Å²) in [5.41, 5.74) is -1.71.